The fourth-order valence-electron chi connectivity index (χ4n) is 4.14. The van der Waals surface area contributed by atoms with E-state index < -0.39 is 6.09 Å². The Kier molecular flexibility index (Phi) is 6.76. The first-order chi connectivity index (χ1) is 15.7. The molecule has 2 fully saturated rings. The highest BCUT2D eigenvalue weighted by molar-refractivity contribution is 7.09. The average molecular weight is 472 g/mol. The number of ether oxygens (including phenoxy) is 1. The topological polar surface area (TPSA) is 95.9 Å². The summed E-state index contributed by atoms with van der Waals surface area (Å²) in [4.78, 5) is 51.2. The fourth-order valence-corrected chi connectivity index (χ4v) is 4.78. The maximum atomic E-state index is 12.5. The van der Waals surface area contributed by atoms with E-state index in [1.165, 1.54) is 12.3 Å². The molecule has 0 spiro atoms. The lowest BCUT2D eigenvalue weighted by Crippen LogP contribution is -2.50. The lowest BCUT2D eigenvalue weighted by molar-refractivity contribution is -0.132. The molecule has 0 aliphatic carbocycles. The number of hydrogen-bond acceptors (Lipinski definition) is 8. The molecule has 0 radical (unpaired) electrons. The predicted molar refractivity (Wildman–Crippen MR) is 124 cm³/mol. The SMILES string of the molecule is Cc1nc(CCN2CCN(C(=O)Oc3ccc(N4C(=O)CC(C)(C)CC4=O)cn3)CC2)cs1. The molecule has 0 bridgehead atoms. The lowest BCUT2D eigenvalue weighted by Gasteiger charge is -2.34. The number of aryl methyl sites for hydroxylation is 1. The van der Waals surface area contributed by atoms with Gasteiger partial charge in [-0.3, -0.25) is 14.5 Å². The number of amides is 3. The monoisotopic (exact) mass is 471 g/mol. The van der Waals surface area contributed by atoms with Crippen LogP contribution < -0.4 is 9.64 Å². The van der Waals surface area contributed by atoms with Gasteiger partial charge in [0.15, 0.2) is 0 Å². The van der Waals surface area contributed by atoms with Crippen LogP contribution in [0, 0.1) is 12.3 Å². The zero-order valence-corrected chi connectivity index (χ0v) is 20.1. The first kappa shape index (κ1) is 23.3. The Hall–Kier alpha value is -2.85. The Bertz CT molecular complexity index is 1010. The van der Waals surface area contributed by atoms with Crippen molar-refractivity contribution >= 4 is 34.9 Å². The average Bonchev–Trinajstić information content (AvgIpc) is 3.17. The normalized spacial score (nSPS) is 19.1. The van der Waals surface area contributed by atoms with Crippen molar-refractivity contribution in [3.05, 3.63) is 34.4 Å². The van der Waals surface area contributed by atoms with Crippen LogP contribution in [0.2, 0.25) is 0 Å². The summed E-state index contributed by atoms with van der Waals surface area (Å²) in [6.07, 6.45) is 2.45. The number of nitrogens with zero attached hydrogens (tertiary/aromatic N) is 5. The summed E-state index contributed by atoms with van der Waals surface area (Å²) in [6, 6.07) is 3.10. The molecule has 2 aliphatic heterocycles. The summed E-state index contributed by atoms with van der Waals surface area (Å²) in [6.45, 7) is 9.46. The van der Waals surface area contributed by atoms with Gasteiger partial charge >= 0.3 is 6.09 Å². The summed E-state index contributed by atoms with van der Waals surface area (Å²) < 4.78 is 5.41. The van der Waals surface area contributed by atoms with Gasteiger partial charge in [0.25, 0.3) is 0 Å². The third kappa shape index (κ3) is 5.75. The molecule has 0 N–H and O–H groups in total. The highest BCUT2D eigenvalue weighted by Crippen LogP contribution is 2.34. The maximum Gasteiger partial charge on any atom is 0.416 e. The van der Waals surface area contributed by atoms with Crippen molar-refractivity contribution in [1.29, 1.82) is 0 Å². The van der Waals surface area contributed by atoms with E-state index in [0.717, 1.165) is 41.7 Å². The largest absolute Gasteiger partial charge is 0.416 e. The van der Waals surface area contributed by atoms with E-state index >= 15 is 0 Å². The quantitative estimate of drug-likeness (QED) is 0.619. The summed E-state index contributed by atoms with van der Waals surface area (Å²) in [5, 5.41) is 3.18. The van der Waals surface area contributed by atoms with E-state index in [1.54, 1.807) is 22.3 Å². The van der Waals surface area contributed by atoms with Crippen LogP contribution in [0.3, 0.4) is 0 Å². The van der Waals surface area contributed by atoms with Crippen LogP contribution in [0.25, 0.3) is 0 Å². The van der Waals surface area contributed by atoms with Crippen LogP contribution in [-0.2, 0) is 16.0 Å². The summed E-state index contributed by atoms with van der Waals surface area (Å²) in [7, 11) is 0. The molecule has 0 atom stereocenters. The van der Waals surface area contributed by atoms with Crippen LogP contribution in [0.1, 0.15) is 37.4 Å². The molecular weight excluding hydrogens is 442 g/mol. The number of piperazine rings is 1. The predicted octanol–water partition coefficient (Wildman–Crippen LogP) is 2.89. The van der Waals surface area contributed by atoms with E-state index in [2.05, 4.69) is 20.2 Å². The van der Waals surface area contributed by atoms with Gasteiger partial charge in [-0.15, -0.1) is 11.3 Å². The molecule has 4 rings (SSSR count). The van der Waals surface area contributed by atoms with Gasteiger partial charge in [-0.2, -0.15) is 0 Å². The molecule has 2 saturated heterocycles. The van der Waals surface area contributed by atoms with Gasteiger partial charge in [0.2, 0.25) is 17.7 Å². The molecule has 0 unspecified atom stereocenters. The molecule has 4 heterocycles. The third-order valence-corrected chi connectivity index (χ3v) is 6.73. The number of anilines is 1. The Labute approximate surface area is 197 Å². The minimum absolute atomic E-state index is 0.141. The molecule has 2 aromatic heterocycles. The second-order valence-corrected chi connectivity index (χ2v) is 10.4. The number of rotatable bonds is 5. The highest BCUT2D eigenvalue weighted by atomic mass is 32.1. The zero-order valence-electron chi connectivity index (χ0n) is 19.2. The summed E-state index contributed by atoms with van der Waals surface area (Å²) in [5.41, 5.74) is 1.17. The second-order valence-electron chi connectivity index (χ2n) is 9.30. The first-order valence-electron chi connectivity index (χ1n) is 11.1. The summed E-state index contributed by atoms with van der Waals surface area (Å²) >= 11 is 1.66. The Morgan fingerprint density at radius 3 is 2.39 bits per heavy atom. The highest BCUT2D eigenvalue weighted by Gasteiger charge is 2.38. The Morgan fingerprint density at radius 2 is 1.82 bits per heavy atom. The van der Waals surface area contributed by atoms with Gasteiger partial charge in [0.1, 0.15) is 0 Å². The van der Waals surface area contributed by atoms with Crippen LogP contribution >= 0.6 is 11.3 Å². The molecule has 33 heavy (non-hydrogen) atoms. The first-order valence-corrected chi connectivity index (χ1v) is 12.0. The van der Waals surface area contributed by atoms with Crippen molar-refractivity contribution < 1.29 is 19.1 Å². The van der Waals surface area contributed by atoms with Gasteiger partial charge < -0.3 is 9.64 Å². The lowest BCUT2D eigenvalue weighted by atomic mass is 9.81. The van der Waals surface area contributed by atoms with E-state index in [4.69, 9.17) is 4.74 Å². The minimum atomic E-state index is -0.447. The van der Waals surface area contributed by atoms with Crippen LogP contribution in [0.4, 0.5) is 10.5 Å². The van der Waals surface area contributed by atoms with E-state index in [-0.39, 0.29) is 23.1 Å². The number of carbonyl (C=O) groups is 3. The van der Waals surface area contributed by atoms with E-state index in [9.17, 15) is 14.4 Å². The standard InChI is InChI=1S/C23H29N5O4S/c1-16-25-17(15-33-16)6-7-26-8-10-27(11-9-26)22(31)32-19-5-4-18(14-24-19)28-20(29)12-23(2,3)13-21(28)30/h4-5,14-15H,6-13H2,1-3H3. The number of pyridine rings is 1. The number of aromatic nitrogens is 2. The Balaban J connectivity index is 1.26. The van der Waals surface area contributed by atoms with Gasteiger partial charge in [-0.05, 0) is 18.4 Å². The minimum Gasteiger partial charge on any atom is -0.391 e. The smallest absolute Gasteiger partial charge is 0.391 e. The molecule has 0 saturated carbocycles. The Morgan fingerprint density at radius 1 is 1.12 bits per heavy atom. The fraction of sp³-hybridized carbons (Fsp3) is 0.522. The van der Waals surface area contributed by atoms with Crippen molar-refractivity contribution in [1.82, 2.24) is 19.8 Å². The molecular formula is C23H29N5O4S. The molecule has 9 nitrogen and oxygen atoms in total. The number of hydrogen-bond donors (Lipinski definition) is 0. The van der Waals surface area contributed by atoms with Crippen molar-refractivity contribution in [2.75, 3.05) is 37.6 Å². The molecule has 10 heteroatoms. The van der Waals surface area contributed by atoms with Crippen molar-refractivity contribution in [3.8, 4) is 5.88 Å². The second kappa shape index (κ2) is 9.56. The van der Waals surface area contributed by atoms with Crippen LogP contribution in [0.15, 0.2) is 23.7 Å². The molecule has 3 amide bonds. The van der Waals surface area contributed by atoms with Gasteiger partial charge in [-0.25, -0.2) is 19.7 Å². The molecule has 2 aliphatic rings. The zero-order chi connectivity index (χ0) is 23.6. The summed E-state index contributed by atoms with van der Waals surface area (Å²) in [5.74, 6) is -0.349. The van der Waals surface area contributed by atoms with Crippen molar-refractivity contribution in [2.24, 2.45) is 5.41 Å². The third-order valence-electron chi connectivity index (χ3n) is 5.91. The van der Waals surface area contributed by atoms with Crippen molar-refractivity contribution in [2.45, 2.75) is 40.0 Å². The van der Waals surface area contributed by atoms with E-state index in [0.29, 0.717) is 31.6 Å². The van der Waals surface area contributed by atoms with Gasteiger partial charge in [0.05, 0.1) is 22.6 Å². The number of imide groups is 1. The number of carbonyl (C=O) groups excluding carboxylic acids is 3. The van der Waals surface area contributed by atoms with Crippen LogP contribution in [-0.4, -0.2) is 70.4 Å². The van der Waals surface area contributed by atoms with Crippen LogP contribution in [0.5, 0.6) is 5.88 Å². The molecule has 2 aromatic rings. The molecule has 0 aromatic carbocycles. The van der Waals surface area contributed by atoms with Crippen molar-refractivity contribution in [3.63, 3.8) is 0 Å². The number of piperidine rings is 1. The van der Waals surface area contributed by atoms with Gasteiger partial charge in [-0.1, -0.05) is 13.8 Å². The van der Waals surface area contributed by atoms with E-state index in [1.807, 2.05) is 20.8 Å². The molecule has 176 valence electrons. The number of thiazole rings is 1. The maximum absolute atomic E-state index is 12.5. The van der Waals surface area contributed by atoms with Gasteiger partial charge in [0, 0.05) is 63.4 Å².